The summed E-state index contributed by atoms with van der Waals surface area (Å²) in [6.07, 6.45) is 3.57. The quantitative estimate of drug-likeness (QED) is 0.608. The molecule has 0 bridgehead atoms. The summed E-state index contributed by atoms with van der Waals surface area (Å²) in [5.41, 5.74) is 1.43. The molecule has 0 aliphatic rings. The second-order valence-electron chi connectivity index (χ2n) is 3.14. The van der Waals surface area contributed by atoms with Crippen molar-refractivity contribution in [2.75, 3.05) is 13.2 Å². The average molecular weight is 178 g/mol. The summed E-state index contributed by atoms with van der Waals surface area (Å²) < 4.78 is 5.27. The largest absolute Gasteiger partial charge is 0.382 e. The number of ether oxygens (including phenoxy) is 1. The van der Waals surface area contributed by atoms with Gasteiger partial charge in [0, 0.05) is 13.2 Å². The molecule has 1 aromatic rings. The second-order valence-corrected chi connectivity index (χ2v) is 3.14. The van der Waals surface area contributed by atoms with Gasteiger partial charge in [-0.25, -0.2) is 0 Å². The Morgan fingerprint density at radius 2 is 1.85 bits per heavy atom. The van der Waals surface area contributed by atoms with Crippen LogP contribution in [0, 0.1) is 0 Å². The lowest BCUT2D eigenvalue weighted by Gasteiger charge is -2.01. The minimum atomic E-state index is 0.839. The van der Waals surface area contributed by atoms with Crippen LogP contribution >= 0.6 is 0 Å². The van der Waals surface area contributed by atoms with Crippen molar-refractivity contribution in [3.05, 3.63) is 35.9 Å². The first-order valence-corrected chi connectivity index (χ1v) is 5.05. The summed E-state index contributed by atoms with van der Waals surface area (Å²) in [4.78, 5) is 0. The maximum atomic E-state index is 5.27. The van der Waals surface area contributed by atoms with Crippen molar-refractivity contribution in [3.8, 4) is 0 Å². The lowest BCUT2D eigenvalue weighted by molar-refractivity contribution is 0.143. The van der Waals surface area contributed by atoms with E-state index in [2.05, 4.69) is 30.3 Å². The molecule has 1 rings (SSSR count). The molecule has 0 spiro atoms. The van der Waals surface area contributed by atoms with E-state index in [1.807, 2.05) is 6.92 Å². The monoisotopic (exact) mass is 178 g/mol. The summed E-state index contributed by atoms with van der Waals surface area (Å²) in [5, 5.41) is 0. The van der Waals surface area contributed by atoms with E-state index < -0.39 is 0 Å². The molecule has 0 saturated carbocycles. The summed E-state index contributed by atoms with van der Waals surface area (Å²) in [6.45, 7) is 3.78. The third kappa shape index (κ3) is 4.69. The van der Waals surface area contributed by atoms with E-state index in [0.29, 0.717) is 0 Å². The molecule has 1 aromatic carbocycles. The van der Waals surface area contributed by atoms with Crippen molar-refractivity contribution in [1.82, 2.24) is 0 Å². The number of hydrogen-bond donors (Lipinski definition) is 0. The lowest BCUT2D eigenvalue weighted by atomic mass is 10.1. The Morgan fingerprint density at radius 1 is 1.08 bits per heavy atom. The predicted molar refractivity (Wildman–Crippen MR) is 55.9 cm³/mol. The van der Waals surface area contributed by atoms with Crippen LogP contribution < -0.4 is 0 Å². The number of benzene rings is 1. The maximum absolute atomic E-state index is 5.27. The fourth-order valence-corrected chi connectivity index (χ4v) is 1.32. The molecule has 0 saturated heterocycles. The van der Waals surface area contributed by atoms with E-state index in [-0.39, 0.29) is 0 Å². The van der Waals surface area contributed by atoms with Crippen LogP contribution in [0.15, 0.2) is 30.3 Å². The first-order valence-electron chi connectivity index (χ1n) is 5.05. The third-order valence-electron chi connectivity index (χ3n) is 2.05. The van der Waals surface area contributed by atoms with Crippen molar-refractivity contribution < 1.29 is 4.74 Å². The van der Waals surface area contributed by atoms with Crippen molar-refractivity contribution in [1.29, 1.82) is 0 Å². The van der Waals surface area contributed by atoms with E-state index >= 15 is 0 Å². The highest BCUT2D eigenvalue weighted by Crippen LogP contribution is 2.04. The average Bonchev–Trinajstić information content (AvgIpc) is 2.19. The van der Waals surface area contributed by atoms with Crippen LogP contribution in [-0.4, -0.2) is 13.2 Å². The summed E-state index contributed by atoms with van der Waals surface area (Å²) >= 11 is 0. The van der Waals surface area contributed by atoms with Gasteiger partial charge in [-0.2, -0.15) is 0 Å². The van der Waals surface area contributed by atoms with Crippen molar-refractivity contribution >= 4 is 0 Å². The van der Waals surface area contributed by atoms with Gasteiger partial charge >= 0.3 is 0 Å². The van der Waals surface area contributed by atoms with Crippen LogP contribution in [-0.2, 0) is 11.2 Å². The summed E-state index contributed by atoms with van der Waals surface area (Å²) in [7, 11) is 0. The van der Waals surface area contributed by atoms with Crippen molar-refractivity contribution in [2.45, 2.75) is 26.2 Å². The van der Waals surface area contributed by atoms with Gasteiger partial charge in [-0.15, -0.1) is 0 Å². The first-order chi connectivity index (χ1) is 6.43. The molecule has 0 N–H and O–H groups in total. The van der Waals surface area contributed by atoms with Crippen LogP contribution in [0.5, 0.6) is 0 Å². The minimum absolute atomic E-state index is 0.839. The molecule has 0 fully saturated rings. The van der Waals surface area contributed by atoms with Crippen LogP contribution in [0.2, 0.25) is 0 Å². The van der Waals surface area contributed by atoms with E-state index in [1.165, 1.54) is 24.8 Å². The van der Waals surface area contributed by atoms with Gasteiger partial charge in [0.25, 0.3) is 0 Å². The highest BCUT2D eigenvalue weighted by Gasteiger charge is 1.91. The second kappa shape index (κ2) is 6.67. The fourth-order valence-electron chi connectivity index (χ4n) is 1.32. The van der Waals surface area contributed by atoms with Gasteiger partial charge in [-0.3, -0.25) is 0 Å². The Morgan fingerprint density at radius 3 is 2.54 bits per heavy atom. The lowest BCUT2D eigenvalue weighted by Crippen LogP contribution is -1.94. The number of hydrogen-bond acceptors (Lipinski definition) is 1. The highest BCUT2D eigenvalue weighted by molar-refractivity contribution is 5.14. The van der Waals surface area contributed by atoms with Gasteiger partial charge < -0.3 is 4.74 Å². The Hall–Kier alpha value is -0.820. The number of rotatable bonds is 6. The predicted octanol–water partition coefficient (Wildman–Crippen LogP) is 3.05. The first kappa shape index (κ1) is 10.3. The maximum Gasteiger partial charge on any atom is 0.0466 e. The Labute approximate surface area is 80.7 Å². The highest BCUT2D eigenvalue weighted by atomic mass is 16.5. The zero-order chi connectivity index (χ0) is 9.36. The van der Waals surface area contributed by atoms with E-state index in [9.17, 15) is 0 Å². The minimum Gasteiger partial charge on any atom is -0.382 e. The summed E-state index contributed by atoms with van der Waals surface area (Å²) in [6, 6.07) is 10.6. The number of unbranched alkanes of at least 4 members (excludes halogenated alkanes) is 1. The summed E-state index contributed by atoms with van der Waals surface area (Å²) in [5.74, 6) is 0. The molecule has 0 aromatic heterocycles. The molecule has 13 heavy (non-hydrogen) atoms. The zero-order valence-electron chi connectivity index (χ0n) is 8.33. The van der Waals surface area contributed by atoms with Gasteiger partial charge in [0.15, 0.2) is 0 Å². The van der Waals surface area contributed by atoms with E-state index in [0.717, 1.165) is 13.2 Å². The zero-order valence-corrected chi connectivity index (χ0v) is 8.33. The van der Waals surface area contributed by atoms with Gasteiger partial charge in [0.05, 0.1) is 0 Å². The molecule has 0 amide bonds. The van der Waals surface area contributed by atoms with Crippen LogP contribution in [0.3, 0.4) is 0 Å². The molecule has 0 atom stereocenters. The number of aryl methyl sites for hydroxylation is 1. The molecule has 0 aliphatic carbocycles. The van der Waals surface area contributed by atoms with Crippen molar-refractivity contribution in [2.24, 2.45) is 0 Å². The standard InChI is InChI=1S/C12H18O/c1-2-13-11-7-6-10-12-8-4-3-5-9-12/h3-5,8-9H,2,6-7,10-11H2,1H3. The SMILES string of the molecule is CCOCCCCc1ccccc1. The van der Waals surface area contributed by atoms with Crippen molar-refractivity contribution in [3.63, 3.8) is 0 Å². The van der Waals surface area contributed by atoms with Crippen LogP contribution in [0.1, 0.15) is 25.3 Å². The third-order valence-corrected chi connectivity index (χ3v) is 2.05. The Kier molecular flexibility index (Phi) is 5.27. The van der Waals surface area contributed by atoms with E-state index in [4.69, 9.17) is 4.74 Å². The molecule has 72 valence electrons. The van der Waals surface area contributed by atoms with Gasteiger partial charge in [-0.05, 0) is 31.7 Å². The smallest absolute Gasteiger partial charge is 0.0466 e. The van der Waals surface area contributed by atoms with Gasteiger partial charge in [0.1, 0.15) is 0 Å². The fraction of sp³-hybridized carbons (Fsp3) is 0.500. The molecular formula is C12H18O. The van der Waals surface area contributed by atoms with Crippen LogP contribution in [0.25, 0.3) is 0 Å². The van der Waals surface area contributed by atoms with Crippen LogP contribution in [0.4, 0.5) is 0 Å². The Balaban J connectivity index is 2.07. The normalized spacial score (nSPS) is 10.2. The molecule has 1 nitrogen and oxygen atoms in total. The molecule has 0 aliphatic heterocycles. The van der Waals surface area contributed by atoms with Gasteiger partial charge in [-0.1, -0.05) is 30.3 Å². The molecule has 0 radical (unpaired) electrons. The molecular weight excluding hydrogens is 160 g/mol. The molecule has 0 heterocycles. The topological polar surface area (TPSA) is 9.23 Å². The van der Waals surface area contributed by atoms with Gasteiger partial charge in [0.2, 0.25) is 0 Å². The molecule has 0 unspecified atom stereocenters. The Bertz CT molecular complexity index is 206. The van der Waals surface area contributed by atoms with E-state index in [1.54, 1.807) is 0 Å². The molecule has 1 heteroatoms.